The van der Waals surface area contributed by atoms with Crippen LogP contribution in [0, 0.1) is 0 Å². The summed E-state index contributed by atoms with van der Waals surface area (Å²) in [6, 6.07) is 9.67. The molecule has 1 aromatic carbocycles. The summed E-state index contributed by atoms with van der Waals surface area (Å²) in [7, 11) is -3.84. The van der Waals surface area contributed by atoms with Crippen LogP contribution in [-0.2, 0) is 32.6 Å². The molecule has 1 aromatic heterocycles. The fourth-order valence-electron chi connectivity index (χ4n) is 2.37. The molecule has 0 saturated heterocycles. The quantitative estimate of drug-likeness (QED) is 0.679. The van der Waals surface area contributed by atoms with Gasteiger partial charge in [-0.1, -0.05) is 6.07 Å². The molecule has 25 heavy (non-hydrogen) atoms. The van der Waals surface area contributed by atoms with Crippen LogP contribution in [0.1, 0.15) is 11.3 Å². The van der Waals surface area contributed by atoms with Crippen LogP contribution in [0.15, 0.2) is 47.5 Å². The molecule has 130 valence electrons. The number of nitrogens with zero attached hydrogens (tertiary/aromatic N) is 1. The van der Waals surface area contributed by atoms with Crippen molar-refractivity contribution in [3.05, 3.63) is 53.9 Å². The minimum Gasteiger partial charge on any atom is -0.349 e. The van der Waals surface area contributed by atoms with E-state index in [1.54, 1.807) is 24.4 Å². The normalized spacial score (nSPS) is 13.2. The SMILES string of the molecule is O=C(CNS(=O)(=O)c1ccc2c(c1)CC(=O)N2)NCc1ccccn1. The lowest BCUT2D eigenvalue weighted by Crippen LogP contribution is -2.36. The monoisotopic (exact) mass is 360 g/mol. The van der Waals surface area contributed by atoms with Gasteiger partial charge in [-0.05, 0) is 35.9 Å². The second kappa shape index (κ2) is 6.99. The number of hydrogen-bond acceptors (Lipinski definition) is 5. The van der Waals surface area contributed by atoms with Crippen molar-refractivity contribution in [2.45, 2.75) is 17.9 Å². The van der Waals surface area contributed by atoms with Gasteiger partial charge >= 0.3 is 0 Å². The Balaban J connectivity index is 1.58. The second-order valence-electron chi connectivity index (χ2n) is 5.47. The molecule has 2 aromatic rings. The van der Waals surface area contributed by atoms with Crippen molar-refractivity contribution in [3.8, 4) is 0 Å². The molecule has 0 fully saturated rings. The molecule has 0 aliphatic carbocycles. The van der Waals surface area contributed by atoms with E-state index in [0.717, 1.165) is 0 Å². The molecule has 0 radical (unpaired) electrons. The maximum atomic E-state index is 12.3. The average molecular weight is 360 g/mol. The van der Waals surface area contributed by atoms with E-state index in [2.05, 4.69) is 20.3 Å². The van der Waals surface area contributed by atoms with E-state index in [9.17, 15) is 18.0 Å². The van der Waals surface area contributed by atoms with Gasteiger partial charge in [0.15, 0.2) is 0 Å². The third-order valence-electron chi connectivity index (χ3n) is 3.63. The van der Waals surface area contributed by atoms with Crippen LogP contribution >= 0.6 is 0 Å². The molecule has 0 atom stereocenters. The average Bonchev–Trinajstić information content (AvgIpc) is 2.98. The Hall–Kier alpha value is -2.78. The van der Waals surface area contributed by atoms with Crippen LogP contribution in [0.2, 0.25) is 0 Å². The third kappa shape index (κ3) is 4.20. The zero-order chi connectivity index (χ0) is 17.9. The molecule has 9 heteroatoms. The van der Waals surface area contributed by atoms with E-state index in [1.165, 1.54) is 18.2 Å². The van der Waals surface area contributed by atoms with Crippen molar-refractivity contribution in [2.75, 3.05) is 11.9 Å². The zero-order valence-corrected chi connectivity index (χ0v) is 14.0. The number of pyridine rings is 1. The molecule has 1 aliphatic heterocycles. The Bertz CT molecular complexity index is 913. The molecule has 0 unspecified atom stereocenters. The van der Waals surface area contributed by atoms with E-state index in [0.29, 0.717) is 16.9 Å². The first kappa shape index (κ1) is 17.1. The van der Waals surface area contributed by atoms with Crippen LogP contribution in [0.4, 0.5) is 5.69 Å². The van der Waals surface area contributed by atoms with Crippen molar-refractivity contribution < 1.29 is 18.0 Å². The van der Waals surface area contributed by atoms with Crippen LogP contribution in [0.25, 0.3) is 0 Å². The second-order valence-corrected chi connectivity index (χ2v) is 7.23. The highest BCUT2D eigenvalue weighted by atomic mass is 32.2. The van der Waals surface area contributed by atoms with Gasteiger partial charge in [0.2, 0.25) is 21.8 Å². The van der Waals surface area contributed by atoms with Crippen molar-refractivity contribution in [1.82, 2.24) is 15.0 Å². The lowest BCUT2D eigenvalue weighted by atomic mass is 10.2. The number of rotatable bonds is 6. The lowest BCUT2D eigenvalue weighted by Gasteiger charge is -2.09. The minimum absolute atomic E-state index is 0.0141. The highest BCUT2D eigenvalue weighted by molar-refractivity contribution is 7.89. The number of anilines is 1. The number of benzene rings is 1. The van der Waals surface area contributed by atoms with Crippen LogP contribution < -0.4 is 15.4 Å². The minimum atomic E-state index is -3.84. The Morgan fingerprint density at radius 3 is 2.84 bits per heavy atom. The Kier molecular flexibility index (Phi) is 4.77. The number of sulfonamides is 1. The van der Waals surface area contributed by atoms with Gasteiger partial charge in [-0.15, -0.1) is 0 Å². The highest BCUT2D eigenvalue weighted by Gasteiger charge is 2.22. The summed E-state index contributed by atoms with van der Waals surface area (Å²) in [6.45, 7) is -0.169. The van der Waals surface area contributed by atoms with Gasteiger partial charge in [-0.25, -0.2) is 13.1 Å². The van der Waals surface area contributed by atoms with Crippen molar-refractivity contribution in [3.63, 3.8) is 0 Å². The summed E-state index contributed by atoms with van der Waals surface area (Å²) in [4.78, 5) is 27.2. The van der Waals surface area contributed by atoms with Crippen LogP contribution in [-0.4, -0.2) is 31.8 Å². The first-order valence-electron chi connectivity index (χ1n) is 7.53. The molecular formula is C16H16N4O4S. The summed E-state index contributed by atoms with van der Waals surface area (Å²) in [5, 5.41) is 5.22. The van der Waals surface area contributed by atoms with Crippen LogP contribution in [0.5, 0.6) is 0 Å². The van der Waals surface area contributed by atoms with Gasteiger partial charge in [0.1, 0.15) is 0 Å². The Labute approximate surface area is 144 Å². The molecular weight excluding hydrogens is 344 g/mol. The van der Waals surface area contributed by atoms with Gasteiger partial charge in [0, 0.05) is 11.9 Å². The molecule has 0 spiro atoms. The van der Waals surface area contributed by atoms with E-state index in [1.807, 2.05) is 0 Å². The number of amides is 2. The van der Waals surface area contributed by atoms with Crippen molar-refractivity contribution in [2.24, 2.45) is 0 Å². The molecule has 2 heterocycles. The van der Waals surface area contributed by atoms with Gasteiger partial charge in [-0.2, -0.15) is 0 Å². The van der Waals surface area contributed by atoms with Gasteiger partial charge < -0.3 is 10.6 Å². The number of carbonyl (C=O) groups is 2. The summed E-state index contributed by atoms with van der Waals surface area (Å²) in [5.41, 5.74) is 1.90. The number of hydrogen-bond donors (Lipinski definition) is 3. The van der Waals surface area contributed by atoms with E-state index in [4.69, 9.17) is 0 Å². The topological polar surface area (TPSA) is 117 Å². The summed E-state index contributed by atoms with van der Waals surface area (Å²) in [6.07, 6.45) is 1.75. The first-order chi connectivity index (χ1) is 11.9. The Morgan fingerprint density at radius 2 is 2.08 bits per heavy atom. The van der Waals surface area contributed by atoms with E-state index < -0.39 is 15.9 Å². The Morgan fingerprint density at radius 1 is 1.24 bits per heavy atom. The fourth-order valence-corrected chi connectivity index (χ4v) is 3.40. The van der Waals surface area contributed by atoms with Gasteiger partial charge in [0.05, 0.1) is 30.1 Å². The predicted octanol–water partition coefficient (Wildman–Crippen LogP) is 0.171. The maximum absolute atomic E-state index is 12.3. The fraction of sp³-hybridized carbons (Fsp3) is 0.188. The largest absolute Gasteiger partial charge is 0.349 e. The summed E-state index contributed by atoms with van der Waals surface area (Å²) in [5.74, 6) is -0.640. The molecule has 3 rings (SSSR count). The number of fused-ring (bicyclic) bond motifs is 1. The molecule has 8 nitrogen and oxygen atoms in total. The maximum Gasteiger partial charge on any atom is 0.241 e. The highest BCUT2D eigenvalue weighted by Crippen LogP contribution is 2.25. The first-order valence-corrected chi connectivity index (χ1v) is 9.01. The molecule has 0 bridgehead atoms. The number of nitrogens with one attached hydrogen (secondary N) is 3. The van der Waals surface area contributed by atoms with Crippen molar-refractivity contribution in [1.29, 1.82) is 0 Å². The van der Waals surface area contributed by atoms with Crippen LogP contribution in [0.3, 0.4) is 0 Å². The standard InChI is InChI=1S/C16H16N4O4S/c21-15-8-11-7-13(4-5-14(11)20-15)25(23,24)19-10-16(22)18-9-12-3-1-2-6-17-12/h1-7,19H,8-10H2,(H,18,22)(H,20,21). The number of carbonyl (C=O) groups excluding carboxylic acids is 2. The molecule has 3 N–H and O–H groups in total. The van der Waals surface area contributed by atoms with Gasteiger partial charge in [0.25, 0.3) is 0 Å². The zero-order valence-electron chi connectivity index (χ0n) is 13.2. The van der Waals surface area contributed by atoms with E-state index in [-0.39, 0.29) is 30.3 Å². The molecule has 1 aliphatic rings. The van der Waals surface area contributed by atoms with Crippen molar-refractivity contribution >= 4 is 27.5 Å². The summed E-state index contributed by atoms with van der Waals surface area (Å²) >= 11 is 0. The number of aromatic nitrogens is 1. The predicted molar refractivity (Wildman–Crippen MR) is 90.0 cm³/mol. The molecule has 2 amide bonds. The summed E-state index contributed by atoms with van der Waals surface area (Å²) < 4.78 is 26.8. The lowest BCUT2D eigenvalue weighted by molar-refractivity contribution is -0.120. The van der Waals surface area contributed by atoms with Gasteiger partial charge in [-0.3, -0.25) is 14.6 Å². The smallest absolute Gasteiger partial charge is 0.241 e. The van der Waals surface area contributed by atoms with E-state index >= 15 is 0 Å². The third-order valence-corrected chi connectivity index (χ3v) is 5.03. The molecule has 0 saturated carbocycles.